The van der Waals surface area contributed by atoms with E-state index in [1.54, 1.807) is 43.5 Å². The van der Waals surface area contributed by atoms with Gasteiger partial charge in [0, 0.05) is 6.04 Å². The van der Waals surface area contributed by atoms with Crippen molar-refractivity contribution in [3.63, 3.8) is 0 Å². The first kappa shape index (κ1) is 14.9. The SMILES string of the molecule is COc1ccccc1Oc1cccc([C@@H](N)CC(=O)O)c1. The summed E-state index contributed by atoms with van der Waals surface area (Å²) in [6.45, 7) is 0. The van der Waals surface area contributed by atoms with Gasteiger partial charge in [0.25, 0.3) is 0 Å². The van der Waals surface area contributed by atoms with Crippen LogP contribution in [0.2, 0.25) is 0 Å². The molecule has 110 valence electrons. The summed E-state index contributed by atoms with van der Waals surface area (Å²) in [4.78, 5) is 10.7. The van der Waals surface area contributed by atoms with Crippen molar-refractivity contribution in [2.24, 2.45) is 5.73 Å². The monoisotopic (exact) mass is 287 g/mol. The lowest BCUT2D eigenvalue weighted by Gasteiger charge is -2.13. The standard InChI is InChI=1S/C16H17NO4/c1-20-14-7-2-3-8-15(14)21-12-6-4-5-11(9-12)13(17)10-16(18)19/h2-9,13H,10,17H2,1H3,(H,18,19)/t13-/m0/s1. The summed E-state index contributed by atoms with van der Waals surface area (Å²) in [6.07, 6.45) is -0.127. The smallest absolute Gasteiger partial charge is 0.305 e. The first-order valence-electron chi connectivity index (χ1n) is 6.48. The topological polar surface area (TPSA) is 81.8 Å². The van der Waals surface area contributed by atoms with E-state index in [0.717, 1.165) is 0 Å². The van der Waals surface area contributed by atoms with Crippen LogP contribution in [0.4, 0.5) is 0 Å². The summed E-state index contributed by atoms with van der Waals surface area (Å²) in [7, 11) is 1.57. The highest BCUT2D eigenvalue weighted by atomic mass is 16.5. The van der Waals surface area contributed by atoms with Gasteiger partial charge in [-0.15, -0.1) is 0 Å². The van der Waals surface area contributed by atoms with Crippen molar-refractivity contribution in [3.8, 4) is 17.2 Å². The van der Waals surface area contributed by atoms with Gasteiger partial charge < -0.3 is 20.3 Å². The maximum Gasteiger partial charge on any atom is 0.305 e. The van der Waals surface area contributed by atoms with Crippen molar-refractivity contribution in [2.45, 2.75) is 12.5 Å². The summed E-state index contributed by atoms with van der Waals surface area (Å²) in [5.74, 6) is 0.859. The Bertz CT molecular complexity index is 627. The number of benzene rings is 2. The van der Waals surface area contributed by atoms with Gasteiger partial charge >= 0.3 is 5.97 Å². The van der Waals surface area contributed by atoms with Crippen molar-refractivity contribution in [1.29, 1.82) is 0 Å². The zero-order chi connectivity index (χ0) is 15.2. The van der Waals surface area contributed by atoms with E-state index >= 15 is 0 Å². The molecule has 2 rings (SSSR count). The average molecular weight is 287 g/mol. The molecule has 21 heavy (non-hydrogen) atoms. The normalized spacial score (nSPS) is 11.7. The van der Waals surface area contributed by atoms with Crippen LogP contribution in [0.5, 0.6) is 17.2 Å². The zero-order valence-electron chi connectivity index (χ0n) is 11.7. The molecule has 0 aliphatic heterocycles. The average Bonchev–Trinajstić information content (AvgIpc) is 2.47. The highest BCUT2D eigenvalue weighted by molar-refractivity contribution is 5.68. The maximum absolute atomic E-state index is 10.7. The van der Waals surface area contributed by atoms with E-state index in [4.69, 9.17) is 20.3 Å². The predicted molar refractivity (Wildman–Crippen MR) is 78.7 cm³/mol. The van der Waals surface area contributed by atoms with Crippen LogP contribution in [0.25, 0.3) is 0 Å². The molecule has 2 aromatic rings. The maximum atomic E-state index is 10.7. The fourth-order valence-electron chi connectivity index (χ4n) is 1.94. The molecule has 1 atom stereocenters. The van der Waals surface area contributed by atoms with Crippen molar-refractivity contribution in [1.82, 2.24) is 0 Å². The van der Waals surface area contributed by atoms with Crippen LogP contribution in [-0.4, -0.2) is 18.2 Å². The minimum Gasteiger partial charge on any atom is -0.493 e. The van der Waals surface area contributed by atoms with Gasteiger partial charge in [-0.3, -0.25) is 4.79 Å². The highest BCUT2D eigenvalue weighted by Gasteiger charge is 2.12. The molecule has 0 radical (unpaired) electrons. The number of ether oxygens (including phenoxy) is 2. The van der Waals surface area contributed by atoms with Crippen molar-refractivity contribution in [2.75, 3.05) is 7.11 Å². The summed E-state index contributed by atoms with van der Waals surface area (Å²) in [5.41, 5.74) is 6.57. The summed E-state index contributed by atoms with van der Waals surface area (Å²) >= 11 is 0. The van der Waals surface area contributed by atoms with Crippen molar-refractivity contribution in [3.05, 3.63) is 54.1 Å². The third kappa shape index (κ3) is 3.97. The van der Waals surface area contributed by atoms with Crippen molar-refractivity contribution < 1.29 is 19.4 Å². The number of methoxy groups -OCH3 is 1. The van der Waals surface area contributed by atoms with Crippen LogP contribution in [0.3, 0.4) is 0 Å². The first-order valence-corrected chi connectivity index (χ1v) is 6.48. The molecule has 5 nitrogen and oxygen atoms in total. The number of hydrogen-bond acceptors (Lipinski definition) is 4. The third-order valence-electron chi connectivity index (χ3n) is 2.98. The molecule has 2 aromatic carbocycles. The first-order chi connectivity index (χ1) is 10.1. The lowest BCUT2D eigenvalue weighted by molar-refractivity contribution is -0.137. The lowest BCUT2D eigenvalue weighted by atomic mass is 10.0. The van der Waals surface area contributed by atoms with E-state index in [1.807, 2.05) is 12.1 Å². The number of carboxylic acids is 1. The van der Waals surface area contributed by atoms with Gasteiger partial charge in [0.15, 0.2) is 11.5 Å². The fourth-order valence-corrected chi connectivity index (χ4v) is 1.94. The molecule has 0 saturated carbocycles. The van der Waals surface area contributed by atoms with Crippen molar-refractivity contribution >= 4 is 5.97 Å². The minimum atomic E-state index is -0.932. The lowest BCUT2D eigenvalue weighted by Crippen LogP contribution is -2.14. The molecule has 0 fully saturated rings. The Morgan fingerprint density at radius 1 is 1.19 bits per heavy atom. The van der Waals surface area contributed by atoms with Gasteiger partial charge in [-0.1, -0.05) is 24.3 Å². The van der Waals surface area contributed by atoms with Gasteiger partial charge in [0.2, 0.25) is 0 Å². The second-order valence-corrected chi connectivity index (χ2v) is 4.53. The number of para-hydroxylation sites is 2. The molecule has 3 N–H and O–H groups in total. The van der Waals surface area contributed by atoms with E-state index in [-0.39, 0.29) is 6.42 Å². The molecule has 0 saturated heterocycles. The molecule has 0 spiro atoms. The number of hydrogen-bond donors (Lipinski definition) is 2. The Morgan fingerprint density at radius 3 is 2.57 bits per heavy atom. The second kappa shape index (κ2) is 6.76. The number of carbonyl (C=O) groups is 1. The molecule has 0 heterocycles. The Labute approximate surface area is 122 Å². The fraction of sp³-hybridized carbons (Fsp3) is 0.188. The van der Waals surface area contributed by atoms with Crippen LogP contribution in [0.1, 0.15) is 18.0 Å². The zero-order valence-corrected chi connectivity index (χ0v) is 11.7. The molecule has 0 bridgehead atoms. The number of nitrogens with two attached hydrogens (primary N) is 1. The molecular formula is C16H17NO4. The Balaban J connectivity index is 2.19. The van der Waals surface area contributed by atoms with E-state index in [9.17, 15) is 4.79 Å². The van der Waals surface area contributed by atoms with Crippen LogP contribution >= 0.6 is 0 Å². The summed E-state index contributed by atoms with van der Waals surface area (Å²) in [5, 5.41) is 8.79. The van der Waals surface area contributed by atoms with E-state index in [2.05, 4.69) is 0 Å². The number of carboxylic acid groups (broad SMARTS) is 1. The Hall–Kier alpha value is -2.53. The molecule has 0 amide bonds. The third-order valence-corrected chi connectivity index (χ3v) is 2.98. The Morgan fingerprint density at radius 2 is 1.90 bits per heavy atom. The molecule has 0 aliphatic rings. The predicted octanol–water partition coefficient (Wildman–Crippen LogP) is 2.96. The van der Waals surface area contributed by atoms with Gasteiger partial charge in [-0.25, -0.2) is 0 Å². The van der Waals surface area contributed by atoms with E-state index < -0.39 is 12.0 Å². The van der Waals surface area contributed by atoms with Gasteiger partial charge in [-0.2, -0.15) is 0 Å². The summed E-state index contributed by atoms with van der Waals surface area (Å²) in [6, 6.07) is 13.8. The van der Waals surface area contributed by atoms with Gasteiger partial charge in [0.1, 0.15) is 5.75 Å². The van der Waals surface area contributed by atoms with E-state index in [0.29, 0.717) is 22.8 Å². The minimum absolute atomic E-state index is 0.127. The Kier molecular flexibility index (Phi) is 4.79. The summed E-state index contributed by atoms with van der Waals surface area (Å²) < 4.78 is 11.0. The molecule has 0 unspecified atom stereocenters. The quantitative estimate of drug-likeness (QED) is 0.853. The van der Waals surface area contributed by atoms with Crippen LogP contribution in [0, 0.1) is 0 Å². The van der Waals surface area contributed by atoms with Gasteiger partial charge in [0.05, 0.1) is 13.5 Å². The molecule has 0 aliphatic carbocycles. The molecule has 5 heteroatoms. The number of aliphatic carboxylic acids is 1. The van der Waals surface area contributed by atoms with Crippen LogP contribution in [-0.2, 0) is 4.79 Å². The molecular weight excluding hydrogens is 270 g/mol. The number of rotatable bonds is 6. The highest BCUT2D eigenvalue weighted by Crippen LogP contribution is 2.31. The van der Waals surface area contributed by atoms with Crippen LogP contribution in [0.15, 0.2) is 48.5 Å². The van der Waals surface area contributed by atoms with Gasteiger partial charge in [-0.05, 0) is 29.8 Å². The van der Waals surface area contributed by atoms with E-state index in [1.165, 1.54) is 0 Å². The van der Waals surface area contributed by atoms with Crippen LogP contribution < -0.4 is 15.2 Å². The molecule has 0 aromatic heterocycles. The second-order valence-electron chi connectivity index (χ2n) is 4.53. The largest absolute Gasteiger partial charge is 0.493 e.